The largest absolute Gasteiger partial charge is 0.416 e. The number of halogens is 4. The van der Waals surface area contributed by atoms with Crippen molar-refractivity contribution in [2.24, 2.45) is 0 Å². The van der Waals surface area contributed by atoms with Crippen molar-refractivity contribution in [3.05, 3.63) is 77.1 Å². The molecule has 3 aromatic rings. The van der Waals surface area contributed by atoms with Gasteiger partial charge in [0.05, 0.1) is 11.1 Å². The second kappa shape index (κ2) is 7.13. The first kappa shape index (κ1) is 17.9. The lowest BCUT2D eigenvalue weighted by Crippen LogP contribution is -2.13. The number of nitrogens with one attached hydrogen (secondary N) is 1. The molecule has 0 bridgehead atoms. The van der Waals surface area contributed by atoms with Gasteiger partial charge >= 0.3 is 6.18 Å². The SMILES string of the molecule is O=C(Nc1ccc(C(F)(F)F)cc1)c1cnc(-c2ccc(Cl)cc2)nc1. The Labute approximate surface area is 151 Å². The van der Waals surface area contributed by atoms with E-state index in [0.29, 0.717) is 10.8 Å². The van der Waals surface area contributed by atoms with Gasteiger partial charge in [-0.2, -0.15) is 13.2 Å². The molecular formula is C18H11ClF3N3O. The average Bonchev–Trinajstić information content (AvgIpc) is 2.62. The molecule has 2 aromatic carbocycles. The maximum absolute atomic E-state index is 12.5. The molecule has 0 aliphatic rings. The Hall–Kier alpha value is -2.93. The summed E-state index contributed by atoms with van der Waals surface area (Å²) in [5.41, 5.74) is 0.377. The molecule has 26 heavy (non-hydrogen) atoms. The molecule has 0 aliphatic heterocycles. The lowest BCUT2D eigenvalue weighted by molar-refractivity contribution is -0.137. The van der Waals surface area contributed by atoms with Crippen LogP contribution in [0.1, 0.15) is 15.9 Å². The van der Waals surface area contributed by atoms with E-state index in [1.54, 1.807) is 24.3 Å². The van der Waals surface area contributed by atoms with E-state index in [1.165, 1.54) is 24.5 Å². The minimum absolute atomic E-state index is 0.183. The molecule has 0 saturated heterocycles. The van der Waals surface area contributed by atoms with Crippen molar-refractivity contribution < 1.29 is 18.0 Å². The number of alkyl halides is 3. The van der Waals surface area contributed by atoms with Gasteiger partial charge in [0.2, 0.25) is 0 Å². The van der Waals surface area contributed by atoms with Crippen molar-refractivity contribution in [2.45, 2.75) is 6.18 Å². The predicted octanol–water partition coefficient (Wildman–Crippen LogP) is 5.07. The molecule has 4 nitrogen and oxygen atoms in total. The van der Waals surface area contributed by atoms with E-state index in [1.807, 2.05) is 0 Å². The molecule has 1 heterocycles. The standard InChI is InChI=1S/C18H11ClF3N3O/c19-14-5-1-11(2-6-14)16-23-9-12(10-24-16)17(26)25-15-7-3-13(4-8-15)18(20,21)22/h1-10H,(H,25,26). The van der Waals surface area contributed by atoms with Crippen molar-refractivity contribution in [1.82, 2.24) is 9.97 Å². The summed E-state index contributed by atoms with van der Waals surface area (Å²) in [6, 6.07) is 11.1. The van der Waals surface area contributed by atoms with E-state index in [2.05, 4.69) is 15.3 Å². The summed E-state index contributed by atoms with van der Waals surface area (Å²) in [7, 11) is 0. The van der Waals surface area contributed by atoms with Crippen molar-refractivity contribution in [3.8, 4) is 11.4 Å². The van der Waals surface area contributed by atoms with E-state index in [0.717, 1.165) is 17.7 Å². The number of carbonyl (C=O) groups excluding carboxylic acids is 1. The van der Waals surface area contributed by atoms with Gasteiger partial charge in [-0.15, -0.1) is 0 Å². The van der Waals surface area contributed by atoms with Gasteiger partial charge < -0.3 is 5.32 Å². The van der Waals surface area contributed by atoms with Crippen LogP contribution < -0.4 is 5.32 Å². The molecule has 3 rings (SSSR count). The van der Waals surface area contributed by atoms with Gasteiger partial charge in [0.25, 0.3) is 5.91 Å². The molecule has 1 amide bonds. The maximum atomic E-state index is 12.5. The molecule has 0 unspecified atom stereocenters. The third-order valence-corrected chi connectivity index (χ3v) is 3.74. The molecule has 0 spiro atoms. The molecule has 0 aliphatic carbocycles. The highest BCUT2D eigenvalue weighted by Crippen LogP contribution is 2.29. The van der Waals surface area contributed by atoms with Crippen LogP contribution in [0.5, 0.6) is 0 Å². The number of amides is 1. The van der Waals surface area contributed by atoms with Crippen molar-refractivity contribution >= 4 is 23.2 Å². The third kappa shape index (κ3) is 4.18. The number of aromatic nitrogens is 2. The molecule has 8 heteroatoms. The molecule has 0 atom stereocenters. The van der Waals surface area contributed by atoms with Gasteiger partial charge in [-0.05, 0) is 48.5 Å². The van der Waals surface area contributed by atoms with E-state index in [4.69, 9.17) is 11.6 Å². The van der Waals surface area contributed by atoms with Gasteiger partial charge in [0, 0.05) is 28.7 Å². The zero-order valence-corrected chi connectivity index (χ0v) is 13.8. The number of anilines is 1. The summed E-state index contributed by atoms with van der Waals surface area (Å²) in [6.45, 7) is 0. The fraction of sp³-hybridized carbons (Fsp3) is 0.0556. The van der Waals surface area contributed by atoms with Crippen LogP contribution >= 0.6 is 11.6 Å². The lowest BCUT2D eigenvalue weighted by Gasteiger charge is -2.09. The third-order valence-electron chi connectivity index (χ3n) is 3.49. The Kier molecular flexibility index (Phi) is 4.90. The molecule has 0 fully saturated rings. The Morgan fingerprint density at radius 2 is 1.50 bits per heavy atom. The van der Waals surface area contributed by atoms with Crippen LogP contribution in [0.15, 0.2) is 60.9 Å². The first-order valence-corrected chi connectivity index (χ1v) is 7.77. The van der Waals surface area contributed by atoms with Crippen LogP contribution in [0.25, 0.3) is 11.4 Å². The van der Waals surface area contributed by atoms with E-state index in [-0.39, 0.29) is 11.3 Å². The minimum atomic E-state index is -4.42. The van der Waals surface area contributed by atoms with Crippen LogP contribution in [0.2, 0.25) is 5.02 Å². The normalized spacial score (nSPS) is 11.2. The lowest BCUT2D eigenvalue weighted by atomic mass is 10.2. The Balaban J connectivity index is 1.71. The fourth-order valence-corrected chi connectivity index (χ4v) is 2.27. The Bertz CT molecular complexity index is 908. The highest BCUT2D eigenvalue weighted by atomic mass is 35.5. The molecule has 1 aromatic heterocycles. The van der Waals surface area contributed by atoms with Gasteiger partial charge in [-0.25, -0.2) is 9.97 Å². The molecule has 1 N–H and O–H groups in total. The monoisotopic (exact) mass is 377 g/mol. The molecular weight excluding hydrogens is 367 g/mol. The van der Waals surface area contributed by atoms with Gasteiger partial charge in [-0.1, -0.05) is 11.6 Å². The van der Waals surface area contributed by atoms with Crippen molar-refractivity contribution in [3.63, 3.8) is 0 Å². The van der Waals surface area contributed by atoms with Crippen LogP contribution in [-0.2, 0) is 6.18 Å². The van der Waals surface area contributed by atoms with Gasteiger partial charge in [-0.3, -0.25) is 4.79 Å². The highest BCUT2D eigenvalue weighted by Gasteiger charge is 2.30. The number of hydrogen-bond donors (Lipinski definition) is 1. The number of nitrogens with zero attached hydrogens (tertiary/aromatic N) is 2. The number of carbonyl (C=O) groups is 1. The summed E-state index contributed by atoms with van der Waals surface area (Å²) >= 11 is 5.82. The highest BCUT2D eigenvalue weighted by molar-refractivity contribution is 6.30. The molecule has 0 saturated carbocycles. The zero-order valence-electron chi connectivity index (χ0n) is 13.1. The van der Waals surface area contributed by atoms with E-state index < -0.39 is 17.6 Å². The first-order chi connectivity index (χ1) is 12.3. The summed E-state index contributed by atoms with van der Waals surface area (Å²) in [5.74, 6) is -0.0971. The van der Waals surface area contributed by atoms with Crippen molar-refractivity contribution in [1.29, 1.82) is 0 Å². The first-order valence-electron chi connectivity index (χ1n) is 7.39. The number of benzene rings is 2. The number of rotatable bonds is 3. The van der Waals surface area contributed by atoms with Gasteiger partial charge in [0.1, 0.15) is 0 Å². The fourth-order valence-electron chi connectivity index (χ4n) is 2.14. The van der Waals surface area contributed by atoms with Crippen LogP contribution in [0, 0.1) is 0 Å². The Morgan fingerprint density at radius 3 is 2.04 bits per heavy atom. The zero-order chi connectivity index (χ0) is 18.7. The second-order valence-electron chi connectivity index (χ2n) is 5.33. The summed E-state index contributed by atoms with van der Waals surface area (Å²) in [6.07, 6.45) is -1.74. The average molecular weight is 378 g/mol. The van der Waals surface area contributed by atoms with Crippen LogP contribution in [0.3, 0.4) is 0 Å². The van der Waals surface area contributed by atoms with Gasteiger partial charge in [0.15, 0.2) is 5.82 Å². The number of hydrogen-bond acceptors (Lipinski definition) is 3. The Morgan fingerprint density at radius 1 is 0.923 bits per heavy atom. The van der Waals surface area contributed by atoms with Crippen LogP contribution in [0.4, 0.5) is 18.9 Å². The minimum Gasteiger partial charge on any atom is -0.322 e. The predicted molar refractivity (Wildman–Crippen MR) is 91.9 cm³/mol. The maximum Gasteiger partial charge on any atom is 0.416 e. The van der Waals surface area contributed by atoms with E-state index in [9.17, 15) is 18.0 Å². The smallest absolute Gasteiger partial charge is 0.322 e. The quantitative estimate of drug-likeness (QED) is 0.693. The summed E-state index contributed by atoms with van der Waals surface area (Å²) in [4.78, 5) is 20.4. The van der Waals surface area contributed by atoms with E-state index >= 15 is 0 Å². The molecule has 0 radical (unpaired) electrons. The molecule has 132 valence electrons. The van der Waals surface area contributed by atoms with Crippen molar-refractivity contribution in [2.75, 3.05) is 5.32 Å². The van der Waals surface area contributed by atoms with Crippen LogP contribution in [-0.4, -0.2) is 15.9 Å². The topological polar surface area (TPSA) is 54.9 Å². The second-order valence-corrected chi connectivity index (χ2v) is 5.77. The summed E-state index contributed by atoms with van der Waals surface area (Å²) < 4.78 is 37.6. The summed E-state index contributed by atoms with van der Waals surface area (Å²) in [5, 5.41) is 3.08.